The third-order valence-electron chi connectivity index (χ3n) is 5.67. The minimum Gasteiger partial charge on any atom is -0.338 e. The van der Waals surface area contributed by atoms with E-state index in [-0.39, 0.29) is 41.1 Å². The Bertz CT molecular complexity index is 1210. The summed E-state index contributed by atoms with van der Waals surface area (Å²) in [6, 6.07) is 7.15. The number of ketones is 1. The Morgan fingerprint density at radius 1 is 1.21 bits per heavy atom. The zero-order valence-electron chi connectivity index (χ0n) is 19.2. The highest BCUT2D eigenvalue weighted by Crippen LogP contribution is 2.32. The molecule has 1 saturated carbocycles. The van der Waals surface area contributed by atoms with Crippen LogP contribution in [0.4, 0.5) is 10.2 Å². The van der Waals surface area contributed by atoms with Crippen LogP contribution in [0.2, 0.25) is 0 Å². The quantitative estimate of drug-likeness (QED) is 0.507. The third kappa shape index (κ3) is 5.16. The number of aromatic nitrogens is 3. The number of nitrogens with one attached hydrogen (secondary N) is 1. The molecule has 0 radical (unpaired) electrons. The van der Waals surface area contributed by atoms with Crippen molar-refractivity contribution < 1.29 is 18.5 Å². The molecule has 0 aliphatic heterocycles. The monoisotopic (exact) mass is 450 g/mol. The average molecular weight is 451 g/mol. The van der Waals surface area contributed by atoms with Crippen LogP contribution >= 0.6 is 0 Å². The Balaban J connectivity index is 1.45. The number of hydrogen-bond donors (Lipinski definition) is 1. The molecule has 0 bridgehead atoms. The van der Waals surface area contributed by atoms with Crippen molar-refractivity contribution in [2.45, 2.75) is 58.8 Å². The maximum Gasteiger partial charge on any atom is 0.238 e. The number of aryl methyl sites for hydroxylation is 2. The second-order valence-electron chi connectivity index (χ2n) is 9.52. The van der Waals surface area contributed by atoms with Crippen molar-refractivity contribution in [1.82, 2.24) is 15.1 Å². The predicted molar refractivity (Wildman–Crippen MR) is 121 cm³/mol. The van der Waals surface area contributed by atoms with E-state index in [9.17, 15) is 9.59 Å². The lowest BCUT2D eigenvalue weighted by Crippen LogP contribution is -2.15. The van der Waals surface area contributed by atoms with Crippen LogP contribution in [0.5, 0.6) is 0 Å². The van der Waals surface area contributed by atoms with Gasteiger partial charge in [-0.2, -0.15) is 4.98 Å². The first-order chi connectivity index (χ1) is 15.6. The van der Waals surface area contributed by atoms with Gasteiger partial charge in [0.25, 0.3) is 0 Å². The van der Waals surface area contributed by atoms with Crippen LogP contribution in [0.15, 0.2) is 35.0 Å². The Kier molecular flexibility index (Phi) is 6.10. The summed E-state index contributed by atoms with van der Waals surface area (Å²) in [6.07, 6.45) is 3.90. The van der Waals surface area contributed by atoms with Crippen LogP contribution in [-0.4, -0.2) is 26.8 Å². The summed E-state index contributed by atoms with van der Waals surface area (Å²) in [6.45, 7) is 7.74. The largest absolute Gasteiger partial charge is 0.338 e. The zero-order chi connectivity index (χ0) is 23.8. The number of carbonyl (C=O) groups is 2. The molecule has 7 nitrogen and oxygen atoms in total. The van der Waals surface area contributed by atoms with E-state index in [1.54, 1.807) is 6.07 Å². The summed E-state index contributed by atoms with van der Waals surface area (Å²) >= 11 is 0. The first kappa shape index (κ1) is 22.8. The van der Waals surface area contributed by atoms with E-state index >= 15 is 4.39 Å². The molecule has 8 heteroatoms. The second kappa shape index (κ2) is 8.84. The molecule has 0 unspecified atom stereocenters. The fraction of sp³-hybridized carbons (Fsp3) is 0.400. The van der Waals surface area contributed by atoms with Gasteiger partial charge in [0.15, 0.2) is 11.6 Å². The van der Waals surface area contributed by atoms with Crippen molar-refractivity contribution >= 4 is 17.5 Å². The number of anilines is 1. The summed E-state index contributed by atoms with van der Waals surface area (Å²) in [5.74, 6) is -0.495. The number of Topliss-reactive ketones (excluding diaryl/α,β-unsaturated/α-hetero) is 1. The van der Waals surface area contributed by atoms with Crippen LogP contribution in [0.25, 0.3) is 11.1 Å². The van der Waals surface area contributed by atoms with Gasteiger partial charge in [0, 0.05) is 29.5 Å². The molecule has 1 aliphatic rings. The minimum atomic E-state index is -0.555. The summed E-state index contributed by atoms with van der Waals surface area (Å²) in [5.41, 5.74) is 2.63. The Morgan fingerprint density at radius 2 is 1.97 bits per heavy atom. The molecule has 2 aromatic heterocycles. The minimum absolute atomic E-state index is 0.0356. The lowest BCUT2D eigenvalue weighted by Gasteiger charge is -2.11. The van der Waals surface area contributed by atoms with Crippen molar-refractivity contribution in [2.75, 3.05) is 5.32 Å². The molecule has 0 atom stereocenters. The standard InChI is InChI=1S/C25H27FN4O3/c1-14-13-17(18-11-12-27-22(20(18)26)28-23(32)16-6-7-16)8-5-15(14)9-10-19(31)21-29-24(33-30-21)25(2,3)4/h5,8,11-13,16H,6-7,9-10H2,1-4H3,(H,27,28,32). The van der Waals surface area contributed by atoms with Gasteiger partial charge in [-0.1, -0.05) is 44.1 Å². The molecular weight excluding hydrogens is 423 g/mol. The smallest absolute Gasteiger partial charge is 0.238 e. The molecule has 4 rings (SSSR count). The molecule has 1 aliphatic carbocycles. The number of pyridine rings is 1. The van der Waals surface area contributed by atoms with Gasteiger partial charge in [0.05, 0.1) is 0 Å². The molecule has 0 spiro atoms. The van der Waals surface area contributed by atoms with Crippen molar-refractivity contribution in [2.24, 2.45) is 5.92 Å². The molecule has 1 amide bonds. The van der Waals surface area contributed by atoms with E-state index in [1.807, 2.05) is 45.9 Å². The van der Waals surface area contributed by atoms with Crippen LogP contribution in [0.1, 0.15) is 67.7 Å². The van der Waals surface area contributed by atoms with Gasteiger partial charge in [-0.15, -0.1) is 0 Å². The average Bonchev–Trinajstić information content (AvgIpc) is 3.49. The number of nitrogens with zero attached hydrogens (tertiary/aromatic N) is 3. The summed E-state index contributed by atoms with van der Waals surface area (Å²) in [5, 5.41) is 6.40. The van der Waals surface area contributed by atoms with Gasteiger partial charge in [-0.25, -0.2) is 9.37 Å². The Labute approximate surface area is 191 Å². The number of rotatable bonds is 7. The SMILES string of the molecule is Cc1cc(-c2ccnc(NC(=O)C3CC3)c2F)ccc1CCC(=O)c1noc(C(C)(C)C)n1. The molecule has 3 aromatic rings. The van der Waals surface area contributed by atoms with E-state index < -0.39 is 5.82 Å². The number of hydrogen-bond acceptors (Lipinski definition) is 6. The first-order valence-corrected chi connectivity index (χ1v) is 11.1. The van der Waals surface area contributed by atoms with Crippen LogP contribution < -0.4 is 5.32 Å². The highest BCUT2D eigenvalue weighted by Gasteiger charge is 2.30. The van der Waals surface area contributed by atoms with E-state index in [2.05, 4.69) is 20.4 Å². The zero-order valence-corrected chi connectivity index (χ0v) is 19.2. The van der Waals surface area contributed by atoms with Crippen LogP contribution in [0, 0.1) is 18.7 Å². The normalized spacial score (nSPS) is 13.7. The highest BCUT2D eigenvalue weighted by molar-refractivity contribution is 5.94. The predicted octanol–water partition coefficient (Wildman–Crippen LogP) is 5.04. The van der Waals surface area contributed by atoms with Gasteiger partial charge in [0.2, 0.25) is 23.4 Å². The maximum atomic E-state index is 15.0. The first-order valence-electron chi connectivity index (χ1n) is 11.1. The van der Waals surface area contributed by atoms with E-state index in [4.69, 9.17) is 4.52 Å². The molecule has 1 aromatic carbocycles. The molecule has 0 saturated heterocycles. The van der Waals surface area contributed by atoms with Crippen molar-refractivity contribution in [3.05, 3.63) is 59.1 Å². The van der Waals surface area contributed by atoms with Crippen molar-refractivity contribution in [3.8, 4) is 11.1 Å². The van der Waals surface area contributed by atoms with Crippen LogP contribution in [0.3, 0.4) is 0 Å². The fourth-order valence-corrected chi connectivity index (χ4v) is 3.46. The molecule has 33 heavy (non-hydrogen) atoms. The molecule has 172 valence electrons. The fourth-order valence-electron chi connectivity index (χ4n) is 3.46. The summed E-state index contributed by atoms with van der Waals surface area (Å²) in [7, 11) is 0. The van der Waals surface area contributed by atoms with Gasteiger partial charge >= 0.3 is 0 Å². The van der Waals surface area contributed by atoms with Crippen LogP contribution in [-0.2, 0) is 16.6 Å². The lowest BCUT2D eigenvalue weighted by atomic mass is 9.96. The van der Waals surface area contributed by atoms with Gasteiger partial charge < -0.3 is 9.84 Å². The topological polar surface area (TPSA) is 98.0 Å². The molecule has 1 fully saturated rings. The van der Waals surface area contributed by atoms with Gasteiger partial charge in [-0.05, 0) is 48.9 Å². The molecule has 2 heterocycles. The maximum absolute atomic E-state index is 15.0. The summed E-state index contributed by atoms with van der Waals surface area (Å²) < 4.78 is 20.2. The number of halogens is 1. The van der Waals surface area contributed by atoms with Crippen molar-refractivity contribution in [1.29, 1.82) is 0 Å². The lowest BCUT2D eigenvalue weighted by molar-refractivity contribution is -0.117. The van der Waals surface area contributed by atoms with E-state index in [1.165, 1.54) is 6.20 Å². The van der Waals surface area contributed by atoms with Gasteiger partial charge in [-0.3, -0.25) is 9.59 Å². The Hall–Kier alpha value is -3.42. The second-order valence-corrected chi connectivity index (χ2v) is 9.52. The van der Waals surface area contributed by atoms with Crippen molar-refractivity contribution in [3.63, 3.8) is 0 Å². The van der Waals surface area contributed by atoms with Gasteiger partial charge in [0.1, 0.15) is 0 Å². The Morgan fingerprint density at radius 3 is 2.61 bits per heavy atom. The number of benzene rings is 1. The van der Waals surface area contributed by atoms with E-state index in [0.717, 1.165) is 24.0 Å². The number of carbonyl (C=O) groups excluding carboxylic acids is 2. The molecule has 1 N–H and O–H groups in total. The number of amides is 1. The highest BCUT2D eigenvalue weighted by atomic mass is 19.1. The van der Waals surface area contributed by atoms with E-state index in [0.29, 0.717) is 23.4 Å². The molecular formula is C25H27FN4O3. The third-order valence-corrected chi connectivity index (χ3v) is 5.67. The summed E-state index contributed by atoms with van der Waals surface area (Å²) in [4.78, 5) is 32.7.